The molecule has 184 valence electrons. The second-order valence-corrected chi connectivity index (χ2v) is 9.22. The minimum absolute atomic E-state index is 0.810. The third-order valence-electron chi connectivity index (χ3n) is 6.43. The zero-order valence-corrected chi connectivity index (χ0v) is 21.4. The van der Waals surface area contributed by atoms with Gasteiger partial charge in [-0.2, -0.15) is 0 Å². The van der Waals surface area contributed by atoms with E-state index >= 15 is 0 Å². The van der Waals surface area contributed by atoms with Crippen LogP contribution in [-0.2, 0) is 0 Å². The Morgan fingerprint density at radius 1 is 0.405 bits per heavy atom. The lowest BCUT2D eigenvalue weighted by Gasteiger charge is -2.31. The number of aryl methyl sites for hydroxylation is 2. The van der Waals surface area contributed by atoms with Crippen molar-refractivity contribution in [3.8, 4) is 11.5 Å². The lowest BCUT2D eigenvalue weighted by Crippen LogP contribution is -2.30. The smallest absolute Gasteiger partial charge is 0.127 e. The van der Waals surface area contributed by atoms with Crippen LogP contribution in [0.25, 0.3) is 0 Å². The van der Waals surface area contributed by atoms with Gasteiger partial charge in [0.1, 0.15) is 11.5 Å². The number of para-hydroxylation sites is 2. The maximum Gasteiger partial charge on any atom is 0.127 e. The summed E-state index contributed by atoms with van der Waals surface area (Å²) in [5.74, 6) is 1.67. The van der Waals surface area contributed by atoms with Gasteiger partial charge in [-0.05, 0) is 86.6 Å². The van der Waals surface area contributed by atoms with Gasteiger partial charge in [-0.25, -0.2) is 0 Å². The molecule has 0 spiro atoms. The van der Waals surface area contributed by atoms with Crippen LogP contribution in [0.3, 0.4) is 0 Å². The van der Waals surface area contributed by atoms with Crippen LogP contribution < -0.4 is 14.5 Å². The Bertz CT molecular complexity index is 1380. The fourth-order valence-electron chi connectivity index (χ4n) is 4.39. The molecule has 0 aliphatic heterocycles. The Hall–Kier alpha value is -4.50. The maximum absolute atomic E-state index is 6.07. The molecule has 0 saturated heterocycles. The van der Waals surface area contributed by atoms with Crippen molar-refractivity contribution in [1.82, 2.24) is 0 Å². The van der Waals surface area contributed by atoms with Gasteiger partial charge in [0.05, 0.1) is 0 Å². The highest BCUT2D eigenvalue weighted by Gasteiger charge is 2.15. The van der Waals surface area contributed by atoms with E-state index in [1.165, 1.54) is 22.5 Å². The number of benzene rings is 5. The first-order chi connectivity index (χ1) is 18.2. The molecule has 0 N–H and O–H groups in total. The predicted molar refractivity (Wildman–Crippen MR) is 156 cm³/mol. The highest BCUT2D eigenvalue weighted by Crippen LogP contribution is 2.31. The van der Waals surface area contributed by atoms with E-state index in [-0.39, 0.29) is 0 Å². The summed E-state index contributed by atoms with van der Waals surface area (Å²) < 4.78 is 6.07. The fourth-order valence-corrected chi connectivity index (χ4v) is 4.39. The molecule has 0 bridgehead atoms. The first kappa shape index (κ1) is 24.2. The molecule has 5 aromatic carbocycles. The van der Waals surface area contributed by atoms with Crippen LogP contribution in [0.15, 0.2) is 133 Å². The van der Waals surface area contributed by atoms with Crippen molar-refractivity contribution in [3.63, 3.8) is 0 Å². The first-order valence-corrected chi connectivity index (χ1v) is 12.7. The van der Waals surface area contributed by atoms with Crippen LogP contribution in [0.1, 0.15) is 11.1 Å². The van der Waals surface area contributed by atoms with Gasteiger partial charge in [0, 0.05) is 35.8 Å². The number of ether oxygens (including phenoxy) is 1. The average molecular weight is 485 g/mol. The summed E-state index contributed by atoms with van der Waals surface area (Å²) in [5.41, 5.74) is 7.13. The van der Waals surface area contributed by atoms with Crippen molar-refractivity contribution in [1.29, 1.82) is 0 Å². The Morgan fingerprint density at radius 3 is 1.16 bits per heavy atom. The lowest BCUT2D eigenvalue weighted by molar-refractivity contribution is 0.482. The molecule has 0 unspecified atom stereocenters. The quantitative estimate of drug-likeness (QED) is 0.207. The highest BCUT2D eigenvalue weighted by atomic mass is 16.5. The van der Waals surface area contributed by atoms with Crippen LogP contribution in [0, 0.1) is 13.8 Å². The van der Waals surface area contributed by atoms with E-state index < -0.39 is 0 Å². The molecule has 37 heavy (non-hydrogen) atoms. The largest absolute Gasteiger partial charge is 0.457 e. The SMILES string of the molecule is Cc1ccc(Oc2ccc(N(CCN(c3ccccc3)c3ccc(C)cc3)c3ccccc3)cc2)cc1. The Morgan fingerprint density at radius 2 is 0.730 bits per heavy atom. The van der Waals surface area contributed by atoms with Crippen LogP contribution in [-0.4, -0.2) is 13.1 Å². The van der Waals surface area contributed by atoms with Gasteiger partial charge < -0.3 is 14.5 Å². The number of anilines is 4. The molecule has 3 heteroatoms. The molecule has 0 fully saturated rings. The third-order valence-corrected chi connectivity index (χ3v) is 6.43. The van der Waals surface area contributed by atoms with E-state index in [1.807, 2.05) is 24.3 Å². The molecule has 0 aliphatic carbocycles. The lowest BCUT2D eigenvalue weighted by atomic mass is 10.2. The molecule has 0 atom stereocenters. The van der Waals surface area contributed by atoms with Gasteiger partial charge in [-0.3, -0.25) is 0 Å². The molecular weight excluding hydrogens is 452 g/mol. The van der Waals surface area contributed by atoms with Gasteiger partial charge in [0.25, 0.3) is 0 Å². The van der Waals surface area contributed by atoms with Crippen molar-refractivity contribution in [2.24, 2.45) is 0 Å². The molecular formula is C34H32N2O. The van der Waals surface area contributed by atoms with Gasteiger partial charge >= 0.3 is 0 Å². The van der Waals surface area contributed by atoms with Gasteiger partial charge in [0.2, 0.25) is 0 Å². The van der Waals surface area contributed by atoms with Crippen LogP contribution in [0.5, 0.6) is 11.5 Å². The van der Waals surface area contributed by atoms with Crippen LogP contribution in [0.4, 0.5) is 22.7 Å². The normalized spacial score (nSPS) is 10.6. The van der Waals surface area contributed by atoms with Gasteiger partial charge in [-0.15, -0.1) is 0 Å². The minimum atomic E-state index is 0.810. The maximum atomic E-state index is 6.07. The topological polar surface area (TPSA) is 15.7 Å². The van der Waals surface area contributed by atoms with Crippen molar-refractivity contribution >= 4 is 22.7 Å². The average Bonchev–Trinajstić information content (AvgIpc) is 2.95. The molecule has 5 rings (SSSR count). The molecule has 5 aromatic rings. The zero-order valence-electron chi connectivity index (χ0n) is 21.4. The van der Waals surface area contributed by atoms with Crippen molar-refractivity contribution < 1.29 is 4.74 Å². The molecule has 0 radical (unpaired) electrons. The monoisotopic (exact) mass is 484 g/mol. The third kappa shape index (κ3) is 6.20. The Balaban J connectivity index is 1.40. The molecule has 3 nitrogen and oxygen atoms in total. The van der Waals surface area contributed by atoms with E-state index in [0.717, 1.165) is 36.0 Å². The van der Waals surface area contributed by atoms with E-state index in [0.29, 0.717) is 0 Å². The first-order valence-electron chi connectivity index (χ1n) is 12.7. The van der Waals surface area contributed by atoms with E-state index in [1.54, 1.807) is 0 Å². The predicted octanol–water partition coefficient (Wildman–Crippen LogP) is 9.07. The Kier molecular flexibility index (Phi) is 7.52. The zero-order chi connectivity index (χ0) is 25.5. The standard InChI is InChI=1S/C34H32N2O/c1-27-13-17-31(18-14-27)35(29-9-5-3-6-10-29)25-26-36(30-11-7-4-8-12-30)32-19-23-34(24-20-32)37-33-21-15-28(2)16-22-33/h3-24H,25-26H2,1-2H3. The van der Waals surface area contributed by atoms with Gasteiger partial charge in [-0.1, -0.05) is 71.8 Å². The van der Waals surface area contributed by atoms with Crippen molar-refractivity contribution in [2.45, 2.75) is 13.8 Å². The summed E-state index contributed by atoms with van der Waals surface area (Å²) in [6.07, 6.45) is 0. The summed E-state index contributed by atoms with van der Waals surface area (Å²) in [5, 5.41) is 0. The van der Waals surface area contributed by atoms with Crippen molar-refractivity contribution in [2.75, 3.05) is 22.9 Å². The number of hydrogen-bond acceptors (Lipinski definition) is 3. The fraction of sp³-hybridized carbons (Fsp3) is 0.118. The summed E-state index contributed by atoms with van der Waals surface area (Å²) in [6, 6.07) is 46.4. The molecule has 0 heterocycles. The van der Waals surface area contributed by atoms with Crippen molar-refractivity contribution in [3.05, 3.63) is 145 Å². The highest BCUT2D eigenvalue weighted by molar-refractivity contribution is 5.67. The Labute approximate surface area is 220 Å². The van der Waals surface area contributed by atoms with E-state index in [9.17, 15) is 0 Å². The van der Waals surface area contributed by atoms with E-state index in [4.69, 9.17) is 4.74 Å². The number of hydrogen-bond donors (Lipinski definition) is 0. The summed E-state index contributed by atoms with van der Waals surface area (Å²) in [4.78, 5) is 4.74. The second kappa shape index (κ2) is 11.5. The second-order valence-electron chi connectivity index (χ2n) is 9.22. The number of nitrogens with zero attached hydrogens (tertiary/aromatic N) is 2. The summed E-state index contributed by atoms with van der Waals surface area (Å²) >= 11 is 0. The summed E-state index contributed by atoms with van der Waals surface area (Å²) in [6.45, 7) is 5.84. The molecule has 0 saturated carbocycles. The molecule has 0 aromatic heterocycles. The minimum Gasteiger partial charge on any atom is -0.457 e. The number of rotatable bonds is 9. The van der Waals surface area contributed by atoms with Crippen LogP contribution in [0.2, 0.25) is 0 Å². The molecule has 0 aliphatic rings. The van der Waals surface area contributed by atoms with Crippen LogP contribution >= 0.6 is 0 Å². The van der Waals surface area contributed by atoms with Gasteiger partial charge in [0.15, 0.2) is 0 Å². The van der Waals surface area contributed by atoms with E-state index in [2.05, 4.69) is 133 Å². The molecule has 0 amide bonds. The summed E-state index contributed by atoms with van der Waals surface area (Å²) in [7, 11) is 0.